The molecule has 0 saturated carbocycles. The average molecular weight is 498 g/mol. The molecule has 3 rings (SSSR count). The zero-order valence-corrected chi connectivity index (χ0v) is 17.4. The van der Waals surface area contributed by atoms with E-state index in [2.05, 4.69) is 67.6 Å². The fraction of sp³-hybridized carbons (Fsp3) is 0.174. The minimum absolute atomic E-state index is 0.933. The third-order valence-corrected chi connectivity index (χ3v) is 4.86. The molecule has 0 radical (unpaired) electrons. The molecule has 0 fully saturated rings. The van der Waals surface area contributed by atoms with Crippen molar-refractivity contribution in [3.63, 3.8) is 0 Å². The van der Waals surface area contributed by atoms with Gasteiger partial charge in [0, 0.05) is 0 Å². The molecule has 25 heavy (non-hydrogen) atoms. The molecular formula is C23H22OW. The van der Waals surface area contributed by atoms with Crippen LogP contribution in [0.3, 0.4) is 0 Å². The normalized spacial score (nSPS) is 11.5. The van der Waals surface area contributed by atoms with Crippen molar-refractivity contribution in [2.75, 3.05) is 0 Å². The van der Waals surface area contributed by atoms with Crippen LogP contribution in [0.15, 0.2) is 77.2 Å². The molecule has 1 heterocycles. The summed E-state index contributed by atoms with van der Waals surface area (Å²) in [6.45, 7) is 2.24. The molecule has 0 aliphatic heterocycles. The second-order valence-electron chi connectivity index (χ2n) is 6.08. The van der Waals surface area contributed by atoms with Gasteiger partial charge in [0.1, 0.15) is 0 Å². The SMILES string of the molecule is CCCC/C(=C/c1cc(-c2ccccc2)o[c](=[W])c1)c1ccccc1. The van der Waals surface area contributed by atoms with Crippen molar-refractivity contribution in [2.24, 2.45) is 0 Å². The summed E-state index contributed by atoms with van der Waals surface area (Å²) in [5, 5.41) is 0. The van der Waals surface area contributed by atoms with Crippen molar-refractivity contribution in [3.05, 3.63) is 87.7 Å². The molecule has 126 valence electrons. The number of rotatable bonds is 6. The standard InChI is InChI=1S/C23H22O.W/c1-2-3-10-22(20-11-6-4-7-12-20)17-19-15-16-24-23(18-19)21-13-8-5-9-14-21;/h4-9,11-15,17-18H,2-3,10H2,1H3;/b22-17-;. The van der Waals surface area contributed by atoms with Crippen molar-refractivity contribution in [1.82, 2.24) is 0 Å². The first kappa shape index (κ1) is 17.8. The third kappa shape index (κ3) is 5.00. The molecule has 0 amide bonds. The summed E-state index contributed by atoms with van der Waals surface area (Å²) in [6.07, 6.45) is 5.82. The molecule has 0 N–H and O–H groups in total. The molecule has 3 aromatic rings. The zero-order valence-electron chi connectivity index (χ0n) is 14.4. The predicted molar refractivity (Wildman–Crippen MR) is 101 cm³/mol. The Bertz CT molecular complexity index is 892. The maximum atomic E-state index is 5.98. The first-order chi connectivity index (χ1) is 12.3. The Morgan fingerprint density at radius 2 is 1.64 bits per heavy atom. The van der Waals surface area contributed by atoms with Crippen LogP contribution < -0.4 is 0 Å². The number of benzene rings is 2. The summed E-state index contributed by atoms with van der Waals surface area (Å²) in [5.41, 5.74) is 5.03. The second-order valence-corrected chi connectivity index (χ2v) is 7.52. The quantitative estimate of drug-likeness (QED) is 0.366. The summed E-state index contributed by atoms with van der Waals surface area (Å²) in [6, 6.07) is 25.3. The van der Waals surface area contributed by atoms with E-state index < -0.39 is 0 Å². The van der Waals surface area contributed by atoms with Gasteiger partial charge < -0.3 is 0 Å². The Morgan fingerprint density at radius 1 is 0.960 bits per heavy atom. The van der Waals surface area contributed by atoms with Crippen molar-refractivity contribution in [3.8, 4) is 11.3 Å². The summed E-state index contributed by atoms with van der Waals surface area (Å²) in [7, 11) is 0. The first-order valence-corrected chi connectivity index (χ1v) is 10.2. The van der Waals surface area contributed by atoms with E-state index in [4.69, 9.17) is 4.42 Å². The summed E-state index contributed by atoms with van der Waals surface area (Å²) >= 11 is 1.34. The van der Waals surface area contributed by atoms with Crippen LogP contribution in [0.4, 0.5) is 0 Å². The van der Waals surface area contributed by atoms with Crippen molar-refractivity contribution < 1.29 is 23.8 Å². The van der Waals surface area contributed by atoms with Gasteiger partial charge in [0.05, 0.1) is 0 Å². The van der Waals surface area contributed by atoms with E-state index in [1.165, 1.54) is 48.9 Å². The van der Waals surface area contributed by atoms with Crippen molar-refractivity contribution in [2.45, 2.75) is 26.2 Å². The summed E-state index contributed by atoms with van der Waals surface area (Å²) < 4.78 is 6.99. The van der Waals surface area contributed by atoms with Gasteiger partial charge in [-0.1, -0.05) is 0 Å². The van der Waals surface area contributed by atoms with Gasteiger partial charge in [0.15, 0.2) is 0 Å². The first-order valence-electron chi connectivity index (χ1n) is 8.73. The number of allylic oxidation sites excluding steroid dienone is 1. The van der Waals surface area contributed by atoms with Crippen LogP contribution in [-0.2, 0) is 19.4 Å². The Kier molecular flexibility index (Phi) is 6.36. The topological polar surface area (TPSA) is 13.1 Å². The fourth-order valence-corrected chi connectivity index (χ4v) is 3.66. The van der Waals surface area contributed by atoms with Crippen LogP contribution in [0.1, 0.15) is 37.3 Å². The predicted octanol–water partition coefficient (Wildman–Crippen LogP) is 6.76. The van der Waals surface area contributed by atoms with Crippen LogP contribution in [0.5, 0.6) is 0 Å². The van der Waals surface area contributed by atoms with Crippen molar-refractivity contribution >= 4 is 11.6 Å². The Morgan fingerprint density at radius 3 is 2.32 bits per heavy atom. The summed E-state index contributed by atoms with van der Waals surface area (Å²) in [5.74, 6) is 0.933. The van der Waals surface area contributed by atoms with Gasteiger partial charge in [0.25, 0.3) is 0 Å². The van der Waals surface area contributed by atoms with Crippen LogP contribution in [-0.4, -0.2) is 0 Å². The van der Waals surface area contributed by atoms with Crippen LogP contribution in [0.2, 0.25) is 0 Å². The molecule has 1 nitrogen and oxygen atoms in total. The summed E-state index contributed by atoms with van der Waals surface area (Å²) in [4.78, 5) is 0. The Hall–Kier alpha value is -1.98. The molecule has 0 aliphatic carbocycles. The van der Waals surface area contributed by atoms with E-state index >= 15 is 0 Å². The van der Waals surface area contributed by atoms with E-state index in [1.807, 2.05) is 18.2 Å². The van der Waals surface area contributed by atoms with E-state index in [1.54, 1.807) is 0 Å². The monoisotopic (exact) mass is 498 g/mol. The van der Waals surface area contributed by atoms with Gasteiger partial charge in [-0.25, -0.2) is 0 Å². The van der Waals surface area contributed by atoms with Crippen LogP contribution in [0.25, 0.3) is 23.0 Å². The molecule has 0 bridgehead atoms. The zero-order chi connectivity index (χ0) is 17.5. The van der Waals surface area contributed by atoms with Gasteiger partial charge in [-0.15, -0.1) is 0 Å². The molecule has 0 atom stereocenters. The number of hydrogen-bond donors (Lipinski definition) is 0. The Balaban J connectivity index is 2.02. The molecule has 2 aromatic carbocycles. The molecule has 0 aliphatic rings. The van der Waals surface area contributed by atoms with Gasteiger partial charge in [-0.3, -0.25) is 0 Å². The minimum atomic E-state index is 0.933. The maximum absolute atomic E-state index is 5.98. The van der Waals surface area contributed by atoms with E-state index in [0.29, 0.717) is 0 Å². The number of hydrogen-bond acceptors (Lipinski definition) is 1. The van der Waals surface area contributed by atoms with Crippen LogP contribution in [0, 0.1) is 3.74 Å². The van der Waals surface area contributed by atoms with E-state index in [0.717, 1.165) is 21.5 Å². The number of unbranched alkanes of at least 4 members (excludes halogenated alkanes) is 1. The molecule has 0 saturated heterocycles. The van der Waals surface area contributed by atoms with Gasteiger partial charge in [-0.05, 0) is 0 Å². The van der Waals surface area contributed by atoms with Gasteiger partial charge in [0.2, 0.25) is 0 Å². The molecule has 1 aromatic heterocycles. The van der Waals surface area contributed by atoms with E-state index in [9.17, 15) is 0 Å². The Labute approximate surface area is 160 Å². The van der Waals surface area contributed by atoms with Crippen LogP contribution >= 0.6 is 0 Å². The van der Waals surface area contributed by atoms with Gasteiger partial charge in [-0.2, -0.15) is 0 Å². The fourth-order valence-electron chi connectivity index (χ4n) is 2.84. The molecule has 0 unspecified atom stereocenters. The molecule has 2 heteroatoms. The molecular weight excluding hydrogens is 476 g/mol. The van der Waals surface area contributed by atoms with E-state index in [-0.39, 0.29) is 0 Å². The van der Waals surface area contributed by atoms with Gasteiger partial charge >= 0.3 is 161 Å². The third-order valence-electron chi connectivity index (χ3n) is 4.14. The average Bonchev–Trinajstić information content (AvgIpc) is 2.66. The molecule has 0 spiro atoms. The second kappa shape index (κ2) is 8.92. The van der Waals surface area contributed by atoms with Crippen molar-refractivity contribution in [1.29, 1.82) is 0 Å².